The maximum absolute atomic E-state index is 12.6. The lowest BCUT2D eigenvalue weighted by atomic mass is 9.51. The smallest absolute Gasteiger partial charge is 0.174 e. The van der Waals surface area contributed by atoms with E-state index in [1.165, 1.54) is 0 Å². The monoisotopic (exact) mass is 329 g/mol. The number of hydrogen-bond donors (Lipinski definition) is 3. The maximum Gasteiger partial charge on any atom is 0.174 e. The molecule has 4 atom stereocenters. The molecule has 0 spiro atoms. The van der Waals surface area contributed by atoms with Gasteiger partial charge >= 0.3 is 0 Å². The van der Waals surface area contributed by atoms with Gasteiger partial charge in [0.15, 0.2) is 23.4 Å². The van der Waals surface area contributed by atoms with Gasteiger partial charge in [-0.15, -0.1) is 6.58 Å². The summed E-state index contributed by atoms with van der Waals surface area (Å²) >= 11 is 0. The number of benzene rings is 1. The molecule has 24 heavy (non-hydrogen) atoms. The van der Waals surface area contributed by atoms with Crippen LogP contribution in [0.5, 0.6) is 11.5 Å². The molecule has 3 N–H and O–H groups in total. The van der Waals surface area contributed by atoms with Crippen LogP contribution >= 0.6 is 0 Å². The fraction of sp³-hybridized carbons (Fsp3) is 0.526. The third-order valence-electron chi connectivity index (χ3n) is 6.24. The molecule has 5 nitrogen and oxygen atoms in total. The van der Waals surface area contributed by atoms with Crippen LogP contribution in [0.2, 0.25) is 0 Å². The van der Waals surface area contributed by atoms with Crippen LogP contribution in [0.15, 0.2) is 24.8 Å². The zero-order valence-corrected chi connectivity index (χ0v) is 13.8. The first-order chi connectivity index (χ1) is 11.5. The number of aliphatic hydroxyl groups is 1. The molecule has 1 heterocycles. The molecule has 4 rings (SSSR count). The van der Waals surface area contributed by atoms with E-state index in [0.717, 1.165) is 11.1 Å². The Morgan fingerprint density at radius 1 is 1.50 bits per heavy atom. The molecule has 0 aromatic heterocycles. The van der Waals surface area contributed by atoms with E-state index in [4.69, 9.17) is 4.74 Å². The first kappa shape index (κ1) is 15.7. The summed E-state index contributed by atoms with van der Waals surface area (Å²) in [6, 6.07) is 3.32. The van der Waals surface area contributed by atoms with Crippen LogP contribution in [0.3, 0.4) is 0 Å². The minimum atomic E-state index is -1.09. The average Bonchev–Trinajstić information content (AvgIpc) is 2.95. The number of phenolic OH excluding ortho intramolecular Hbond substituents is 1. The fourth-order valence-electron chi connectivity index (χ4n) is 5.20. The zero-order chi connectivity index (χ0) is 17.1. The number of rotatable bonds is 4. The second-order valence-electron chi connectivity index (χ2n) is 7.11. The van der Waals surface area contributed by atoms with Crippen molar-refractivity contribution in [1.29, 1.82) is 0 Å². The van der Waals surface area contributed by atoms with Crippen LogP contribution in [0.4, 0.5) is 0 Å². The van der Waals surface area contributed by atoms with Gasteiger partial charge in [0.1, 0.15) is 0 Å². The van der Waals surface area contributed by atoms with Crippen LogP contribution < -0.4 is 10.1 Å². The first-order valence-corrected chi connectivity index (χ1v) is 8.61. The van der Waals surface area contributed by atoms with Crippen LogP contribution in [0.1, 0.15) is 37.3 Å². The highest BCUT2D eigenvalue weighted by Crippen LogP contribution is 2.62. The molecule has 1 aliphatic heterocycles. The van der Waals surface area contributed by atoms with Crippen molar-refractivity contribution in [3.05, 3.63) is 35.9 Å². The lowest BCUT2D eigenvalue weighted by molar-refractivity contribution is -0.158. The van der Waals surface area contributed by atoms with Crippen molar-refractivity contribution in [2.24, 2.45) is 0 Å². The van der Waals surface area contributed by atoms with Crippen LogP contribution in [0.25, 0.3) is 0 Å². The molecule has 0 bridgehead atoms. The SMILES string of the molecule is C=CCN[C@@H]1Cc2ccc(O)c3c2[C@@]2(CC)[C@@H](O3)C(=O)CC[C@@]12O. The Kier molecular flexibility index (Phi) is 3.31. The summed E-state index contributed by atoms with van der Waals surface area (Å²) < 4.78 is 5.95. The van der Waals surface area contributed by atoms with Crippen LogP contribution in [-0.4, -0.2) is 40.3 Å². The minimum Gasteiger partial charge on any atom is -0.504 e. The number of hydrogen-bond acceptors (Lipinski definition) is 5. The van der Waals surface area contributed by atoms with Crippen LogP contribution in [0, 0.1) is 0 Å². The van der Waals surface area contributed by atoms with Crippen molar-refractivity contribution in [3.63, 3.8) is 0 Å². The summed E-state index contributed by atoms with van der Waals surface area (Å²) in [4.78, 5) is 12.6. The van der Waals surface area contributed by atoms with Gasteiger partial charge in [0.2, 0.25) is 0 Å². The Morgan fingerprint density at radius 3 is 3.00 bits per heavy atom. The largest absolute Gasteiger partial charge is 0.504 e. The Morgan fingerprint density at radius 2 is 2.29 bits per heavy atom. The molecule has 0 unspecified atom stereocenters. The Balaban J connectivity index is 1.98. The summed E-state index contributed by atoms with van der Waals surface area (Å²) in [5, 5.41) is 25.4. The number of phenols is 1. The fourth-order valence-corrected chi connectivity index (χ4v) is 5.20. The Labute approximate surface area is 141 Å². The molecule has 0 saturated heterocycles. The summed E-state index contributed by atoms with van der Waals surface area (Å²) in [5.41, 5.74) is -0.0200. The number of ether oxygens (including phenoxy) is 1. The highest BCUT2D eigenvalue weighted by atomic mass is 16.5. The second kappa shape index (κ2) is 5.07. The van der Waals surface area contributed by atoms with Gasteiger partial charge in [0.25, 0.3) is 0 Å². The minimum absolute atomic E-state index is 0.00689. The van der Waals surface area contributed by atoms with Gasteiger partial charge < -0.3 is 20.3 Å². The van der Waals surface area contributed by atoms with E-state index in [9.17, 15) is 15.0 Å². The van der Waals surface area contributed by atoms with E-state index < -0.39 is 17.1 Å². The normalized spacial score (nSPS) is 36.2. The van der Waals surface area contributed by atoms with Crippen molar-refractivity contribution >= 4 is 5.78 Å². The van der Waals surface area contributed by atoms with Crippen molar-refractivity contribution in [1.82, 2.24) is 5.32 Å². The average molecular weight is 329 g/mol. The summed E-state index contributed by atoms with van der Waals surface area (Å²) in [7, 11) is 0. The molecule has 0 amide bonds. The lowest BCUT2D eigenvalue weighted by Crippen LogP contribution is -2.72. The lowest BCUT2D eigenvalue weighted by Gasteiger charge is -2.56. The van der Waals surface area contributed by atoms with E-state index in [0.29, 0.717) is 38.0 Å². The van der Waals surface area contributed by atoms with Gasteiger partial charge in [-0.2, -0.15) is 0 Å². The number of aromatic hydroxyl groups is 1. The van der Waals surface area contributed by atoms with E-state index in [2.05, 4.69) is 11.9 Å². The molecule has 5 heteroatoms. The first-order valence-electron chi connectivity index (χ1n) is 8.61. The highest BCUT2D eigenvalue weighted by molar-refractivity contribution is 5.89. The number of ketones is 1. The van der Waals surface area contributed by atoms with Gasteiger partial charge in [0.05, 0.1) is 11.0 Å². The molecule has 1 aromatic carbocycles. The predicted molar refractivity (Wildman–Crippen MR) is 89.4 cm³/mol. The highest BCUT2D eigenvalue weighted by Gasteiger charge is 2.70. The third kappa shape index (κ3) is 1.64. The summed E-state index contributed by atoms with van der Waals surface area (Å²) in [5.74, 6) is 0.436. The van der Waals surface area contributed by atoms with E-state index >= 15 is 0 Å². The summed E-state index contributed by atoms with van der Waals surface area (Å²) in [6.07, 6.45) is 2.96. The van der Waals surface area contributed by atoms with E-state index in [1.807, 2.05) is 13.0 Å². The number of carbonyl (C=O) groups is 1. The topological polar surface area (TPSA) is 78.8 Å². The van der Waals surface area contributed by atoms with E-state index in [-0.39, 0.29) is 17.6 Å². The molecular formula is C19H23NO4. The summed E-state index contributed by atoms with van der Waals surface area (Å²) in [6.45, 7) is 6.32. The zero-order valence-electron chi connectivity index (χ0n) is 13.8. The Bertz CT molecular complexity index is 730. The Hall–Kier alpha value is -1.85. The molecule has 1 saturated carbocycles. The van der Waals surface area contributed by atoms with E-state index in [1.54, 1.807) is 12.1 Å². The van der Waals surface area contributed by atoms with Gasteiger partial charge in [-0.1, -0.05) is 19.1 Å². The molecule has 0 radical (unpaired) electrons. The van der Waals surface area contributed by atoms with Gasteiger partial charge in [-0.05, 0) is 30.9 Å². The third-order valence-corrected chi connectivity index (χ3v) is 6.24. The second-order valence-corrected chi connectivity index (χ2v) is 7.11. The van der Waals surface area contributed by atoms with Gasteiger partial charge in [-0.25, -0.2) is 0 Å². The quantitative estimate of drug-likeness (QED) is 0.731. The number of Topliss-reactive ketones (excluding diaryl/α,β-unsaturated/α-hetero) is 1. The predicted octanol–water partition coefficient (Wildman–Crippen LogP) is 1.60. The molecule has 1 fully saturated rings. The van der Waals surface area contributed by atoms with Crippen molar-refractivity contribution in [2.45, 2.75) is 55.8 Å². The van der Waals surface area contributed by atoms with Crippen LogP contribution in [-0.2, 0) is 16.6 Å². The van der Waals surface area contributed by atoms with Gasteiger partial charge in [-0.3, -0.25) is 4.79 Å². The standard InChI is InChI=1S/C19H23NO4/c1-3-9-20-14-10-11-5-6-12(21)16-15(11)18(4-2)17(24-16)13(22)7-8-19(14,18)23/h3,5-6,14,17,20-21,23H,1,4,7-10H2,2H3/t14-,17+,18+,19-/m1/s1. The van der Waals surface area contributed by atoms with Crippen molar-refractivity contribution in [2.75, 3.05) is 6.54 Å². The molecular weight excluding hydrogens is 306 g/mol. The number of carbonyl (C=O) groups excluding carboxylic acids is 1. The van der Waals surface area contributed by atoms with Crippen molar-refractivity contribution in [3.8, 4) is 11.5 Å². The number of nitrogens with one attached hydrogen (secondary N) is 1. The molecule has 3 aliphatic rings. The van der Waals surface area contributed by atoms with Gasteiger partial charge in [0, 0.05) is 24.6 Å². The maximum atomic E-state index is 12.6. The molecule has 2 aliphatic carbocycles. The molecule has 128 valence electrons. The van der Waals surface area contributed by atoms with Crippen molar-refractivity contribution < 1.29 is 19.7 Å². The molecule has 1 aromatic rings.